The average molecular weight is 347 g/mol. The first-order valence-electron chi connectivity index (χ1n) is 8.19. The fourth-order valence-corrected chi connectivity index (χ4v) is 3.96. The quantitative estimate of drug-likeness (QED) is 0.812. The molecular formula is C17H21N3O3S. The molecule has 24 heavy (non-hydrogen) atoms. The van der Waals surface area contributed by atoms with Gasteiger partial charge in [-0.25, -0.2) is 4.98 Å². The molecule has 0 spiro atoms. The van der Waals surface area contributed by atoms with Gasteiger partial charge in [-0.1, -0.05) is 19.3 Å². The molecule has 2 aromatic heterocycles. The number of nitrogens with one attached hydrogen (secondary N) is 1. The molecule has 6 nitrogen and oxygen atoms in total. The summed E-state index contributed by atoms with van der Waals surface area (Å²) in [6.07, 6.45) is 8.06. The Balaban J connectivity index is 1.61. The van der Waals surface area contributed by atoms with Crippen molar-refractivity contribution >= 4 is 23.2 Å². The molecule has 128 valence electrons. The molecule has 2 aromatic rings. The maximum atomic E-state index is 12.3. The molecule has 2 heterocycles. The molecule has 0 unspecified atom stereocenters. The van der Waals surface area contributed by atoms with Gasteiger partial charge in [0, 0.05) is 17.0 Å². The molecule has 7 heteroatoms. The number of aromatic nitrogens is 1. The van der Waals surface area contributed by atoms with Crippen molar-refractivity contribution in [1.29, 1.82) is 0 Å². The van der Waals surface area contributed by atoms with E-state index in [9.17, 15) is 9.59 Å². The maximum Gasteiger partial charge on any atom is 0.226 e. The van der Waals surface area contributed by atoms with Crippen molar-refractivity contribution in [3.8, 4) is 10.6 Å². The SMILES string of the molecule is NC(=O)[C@H]1CCCCC[C@H]1NC(=O)Cc1csc(-c2ccoc2)n1. The van der Waals surface area contributed by atoms with Gasteiger partial charge < -0.3 is 15.5 Å². The molecule has 3 rings (SSSR count). The Morgan fingerprint density at radius 1 is 1.33 bits per heavy atom. The van der Waals surface area contributed by atoms with Crippen molar-refractivity contribution in [1.82, 2.24) is 10.3 Å². The van der Waals surface area contributed by atoms with Gasteiger partial charge in [-0.3, -0.25) is 9.59 Å². The molecule has 0 saturated heterocycles. The molecule has 0 aliphatic heterocycles. The summed E-state index contributed by atoms with van der Waals surface area (Å²) >= 11 is 1.48. The van der Waals surface area contributed by atoms with Crippen LogP contribution in [0, 0.1) is 5.92 Å². The van der Waals surface area contributed by atoms with E-state index in [2.05, 4.69) is 10.3 Å². The molecular weight excluding hydrogens is 326 g/mol. The summed E-state index contributed by atoms with van der Waals surface area (Å²) in [4.78, 5) is 28.4. The zero-order chi connectivity index (χ0) is 16.9. The first-order valence-corrected chi connectivity index (χ1v) is 9.07. The highest BCUT2D eigenvalue weighted by molar-refractivity contribution is 7.13. The first kappa shape index (κ1) is 16.7. The Bertz CT molecular complexity index is 696. The second-order valence-corrected chi connectivity index (χ2v) is 7.01. The fraction of sp³-hybridized carbons (Fsp3) is 0.471. The first-order chi connectivity index (χ1) is 11.6. The molecule has 0 aromatic carbocycles. The van der Waals surface area contributed by atoms with E-state index in [-0.39, 0.29) is 30.2 Å². The lowest BCUT2D eigenvalue weighted by molar-refractivity contribution is -0.125. The summed E-state index contributed by atoms with van der Waals surface area (Å²) in [6, 6.07) is 1.68. The van der Waals surface area contributed by atoms with Crippen molar-refractivity contribution < 1.29 is 14.0 Å². The number of hydrogen-bond acceptors (Lipinski definition) is 5. The number of amides is 2. The van der Waals surface area contributed by atoms with E-state index >= 15 is 0 Å². The van der Waals surface area contributed by atoms with Gasteiger partial charge in [-0.05, 0) is 18.9 Å². The van der Waals surface area contributed by atoms with E-state index in [1.165, 1.54) is 11.3 Å². The van der Waals surface area contributed by atoms with Gasteiger partial charge in [-0.15, -0.1) is 11.3 Å². The Kier molecular flexibility index (Phi) is 5.30. The van der Waals surface area contributed by atoms with Crippen LogP contribution in [0.15, 0.2) is 28.4 Å². The minimum Gasteiger partial charge on any atom is -0.472 e. The minimum absolute atomic E-state index is 0.114. The Labute approximate surface area is 144 Å². The zero-order valence-corrected chi connectivity index (χ0v) is 14.2. The number of nitrogens with two attached hydrogens (primary N) is 1. The van der Waals surface area contributed by atoms with Crippen LogP contribution in [0.2, 0.25) is 0 Å². The number of carbonyl (C=O) groups is 2. The van der Waals surface area contributed by atoms with Gasteiger partial charge in [0.1, 0.15) is 11.3 Å². The number of rotatable bonds is 5. The zero-order valence-electron chi connectivity index (χ0n) is 13.4. The highest BCUT2D eigenvalue weighted by Crippen LogP contribution is 2.25. The fourth-order valence-electron chi connectivity index (χ4n) is 3.15. The highest BCUT2D eigenvalue weighted by atomic mass is 32.1. The van der Waals surface area contributed by atoms with Crippen LogP contribution in [0.5, 0.6) is 0 Å². The van der Waals surface area contributed by atoms with Gasteiger partial charge in [-0.2, -0.15) is 0 Å². The number of carbonyl (C=O) groups excluding carboxylic acids is 2. The molecule has 1 saturated carbocycles. The average Bonchev–Trinajstić information content (AvgIpc) is 3.16. The van der Waals surface area contributed by atoms with Crippen molar-refractivity contribution in [2.75, 3.05) is 0 Å². The maximum absolute atomic E-state index is 12.3. The number of nitrogens with zero attached hydrogens (tertiary/aromatic N) is 1. The van der Waals surface area contributed by atoms with Crippen molar-refractivity contribution in [2.45, 2.75) is 44.6 Å². The summed E-state index contributed by atoms with van der Waals surface area (Å²) in [5.74, 6) is -0.705. The Morgan fingerprint density at radius 2 is 2.17 bits per heavy atom. The second kappa shape index (κ2) is 7.61. The second-order valence-electron chi connectivity index (χ2n) is 6.15. The van der Waals surface area contributed by atoms with E-state index < -0.39 is 0 Å². The smallest absolute Gasteiger partial charge is 0.226 e. The molecule has 0 radical (unpaired) electrons. The van der Waals surface area contributed by atoms with Crippen molar-refractivity contribution in [3.05, 3.63) is 29.7 Å². The minimum atomic E-state index is -0.321. The van der Waals surface area contributed by atoms with Gasteiger partial charge in [0.25, 0.3) is 0 Å². The standard InChI is InChI=1S/C17H21N3O3S/c18-16(22)13-4-2-1-3-5-14(13)20-15(21)8-12-10-24-17(19-12)11-6-7-23-9-11/h6-7,9-10,13-14H,1-5,8H2,(H2,18,22)(H,20,21)/t13-,14+/m0/s1. The van der Waals surface area contributed by atoms with Gasteiger partial charge >= 0.3 is 0 Å². The monoisotopic (exact) mass is 347 g/mol. The van der Waals surface area contributed by atoms with E-state index in [4.69, 9.17) is 10.2 Å². The molecule has 1 aliphatic rings. The van der Waals surface area contributed by atoms with Crippen LogP contribution < -0.4 is 11.1 Å². The van der Waals surface area contributed by atoms with E-state index in [1.807, 2.05) is 11.4 Å². The summed E-state index contributed by atoms with van der Waals surface area (Å²) < 4.78 is 5.05. The Morgan fingerprint density at radius 3 is 2.92 bits per heavy atom. The van der Waals surface area contributed by atoms with Crippen LogP contribution in [-0.4, -0.2) is 22.8 Å². The number of thiazole rings is 1. The molecule has 0 bridgehead atoms. The van der Waals surface area contributed by atoms with Crippen LogP contribution >= 0.6 is 11.3 Å². The van der Waals surface area contributed by atoms with Crippen LogP contribution in [0.1, 0.15) is 37.8 Å². The number of furan rings is 1. The van der Waals surface area contributed by atoms with E-state index in [0.29, 0.717) is 0 Å². The lowest BCUT2D eigenvalue weighted by atomic mass is 9.94. The predicted octanol–water partition coefficient (Wildman–Crippen LogP) is 2.50. The van der Waals surface area contributed by atoms with Crippen molar-refractivity contribution in [2.24, 2.45) is 11.7 Å². The summed E-state index contributed by atoms with van der Waals surface area (Å²) in [5, 5.41) is 5.69. The lowest BCUT2D eigenvalue weighted by Crippen LogP contribution is -2.45. The van der Waals surface area contributed by atoms with Crippen LogP contribution in [0.3, 0.4) is 0 Å². The summed E-state index contributed by atoms with van der Waals surface area (Å²) in [7, 11) is 0. The molecule has 2 atom stereocenters. The summed E-state index contributed by atoms with van der Waals surface area (Å²) in [6.45, 7) is 0. The van der Waals surface area contributed by atoms with Gasteiger partial charge in [0.05, 0.1) is 24.3 Å². The van der Waals surface area contributed by atoms with Gasteiger partial charge in [0.2, 0.25) is 11.8 Å². The van der Waals surface area contributed by atoms with Crippen LogP contribution in [-0.2, 0) is 16.0 Å². The van der Waals surface area contributed by atoms with Crippen LogP contribution in [0.4, 0.5) is 0 Å². The van der Waals surface area contributed by atoms with E-state index in [1.54, 1.807) is 12.5 Å². The predicted molar refractivity (Wildman–Crippen MR) is 91.2 cm³/mol. The largest absolute Gasteiger partial charge is 0.472 e. The molecule has 2 amide bonds. The summed E-state index contributed by atoms with van der Waals surface area (Å²) in [5.41, 5.74) is 7.13. The lowest BCUT2D eigenvalue weighted by Gasteiger charge is -2.23. The molecule has 1 fully saturated rings. The number of primary amides is 1. The third-order valence-electron chi connectivity index (χ3n) is 4.39. The van der Waals surface area contributed by atoms with Crippen molar-refractivity contribution in [3.63, 3.8) is 0 Å². The number of hydrogen-bond donors (Lipinski definition) is 2. The molecule has 3 N–H and O–H groups in total. The Hall–Kier alpha value is -2.15. The molecule has 1 aliphatic carbocycles. The van der Waals surface area contributed by atoms with Gasteiger partial charge in [0.15, 0.2) is 0 Å². The highest BCUT2D eigenvalue weighted by Gasteiger charge is 2.29. The normalized spacial score (nSPS) is 21.2. The third-order valence-corrected chi connectivity index (χ3v) is 5.33. The van der Waals surface area contributed by atoms with Crippen LogP contribution in [0.25, 0.3) is 10.6 Å². The topological polar surface area (TPSA) is 98.2 Å². The van der Waals surface area contributed by atoms with E-state index in [0.717, 1.165) is 48.4 Å². The third kappa shape index (κ3) is 4.03.